The van der Waals surface area contributed by atoms with Crippen LogP contribution in [-0.4, -0.2) is 9.97 Å². The molecule has 18 aromatic carbocycles. The van der Waals surface area contributed by atoms with Crippen molar-refractivity contribution in [2.45, 2.75) is 109 Å². The van der Waals surface area contributed by atoms with Gasteiger partial charge in [0, 0.05) is 133 Å². The highest BCUT2D eigenvalue weighted by atomic mass is 16.3. The Hall–Kier alpha value is -14.9. The number of aromatic nitrogens is 2. The fraction of sp³-hybridized carbons (Fsp3) is 0.136. The van der Waals surface area contributed by atoms with E-state index in [-0.39, 0.29) is 0 Å². The number of anilines is 6. The summed E-state index contributed by atoms with van der Waals surface area (Å²) in [5, 5.41) is 20.3. The van der Waals surface area contributed by atoms with Crippen LogP contribution >= 0.6 is 0 Å². The SMILES string of the molecule is Cc1cc(C)c(-c2cc3c4oc5cc(N(c6ccccc6)c6ccccc6)ccc5c4cc4c(-c5c(C)cc(C)cc5C)cc5c6oc7cc(N(c8ccccc8)c8ccccc8)ccc7c6cc2c5c43)c(C)c1.Cc1cccc(C)c1-c1cc2c3oc4ccc(C(C)C)nc4c3cc3c(-c4c(C)cccc4C)cc4c5oc6ccc(C(C)C)nc6c5cc1c4c32. The Morgan fingerprint density at radius 1 is 0.214 bits per heavy atom. The number of rotatable bonds is 12. The summed E-state index contributed by atoms with van der Waals surface area (Å²) in [5.74, 6) is 0.607. The van der Waals surface area contributed by atoms with E-state index in [9.17, 15) is 0 Å². The highest BCUT2D eigenvalue weighted by Crippen LogP contribution is 2.56. The molecule has 6 heterocycles. The minimum absolute atomic E-state index is 0.303. The summed E-state index contributed by atoms with van der Waals surface area (Å²) in [7, 11) is 0. The van der Waals surface area contributed by atoms with Crippen molar-refractivity contribution in [2.24, 2.45) is 0 Å². The second-order valence-electron chi connectivity index (χ2n) is 35.9. The molecular formula is C118H92N4O4. The Bertz CT molecular complexity index is 7970. The van der Waals surface area contributed by atoms with Crippen LogP contribution in [-0.2, 0) is 0 Å². The lowest BCUT2D eigenvalue weighted by Crippen LogP contribution is -2.09. The summed E-state index contributed by atoms with van der Waals surface area (Å²) in [6.45, 7) is 31.1. The first-order chi connectivity index (χ1) is 61.2. The molecule has 6 aromatic heterocycles. The van der Waals surface area contributed by atoms with E-state index in [1.54, 1.807) is 0 Å². The summed E-state index contributed by atoms with van der Waals surface area (Å²) in [6.07, 6.45) is 0. The number of fused-ring (bicyclic) bond motifs is 16. The molecule has 0 saturated heterocycles. The van der Waals surface area contributed by atoms with Crippen LogP contribution in [0.3, 0.4) is 0 Å². The van der Waals surface area contributed by atoms with Gasteiger partial charge in [-0.2, -0.15) is 0 Å². The highest BCUT2D eigenvalue weighted by Gasteiger charge is 2.31. The predicted molar refractivity (Wildman–Crippen MR) is 532 cm³/mol. The number of nitrogens with zero attached hydrogens (tertiary/aromatic N) is 4. The predicted octanol–water partition coefficient (Wildman–Crippen LogP) is 34.5. The molecule has 8 nitrogen and oxygen atoms in total. The lowest BCUT2D eigenvalue weighted by molar-refractivity contribution is 0.670. The van der Waals surface area contributed by atoms with Crippen molar-refractivity contribution in [3.05, 3.63) is 358 Å². The van der Waals surface area contributed by atoms with Gasteiger partial charge in [-0.15, -0.1) is 0 Å². The third-order valence-electron chi connectivity index (χ3n) is 26.9. The van der Waals surface area contributed by atoms with Crippen LogP contribution in [0.15, 0.2) is 309 Å². The van der Waals surface area contributed by atoms with Crippen LogP contribution < -0.4 is 9.80 Å². The maximum atomic E-state index is 7.34. The van der Waals surface area contributed by atoms with E-state index in [0.29, 0.717) is 11.8 Å². The molecule has 0 aliphatic rings. The van der Waals surface area contributed by atoms with Crippen molar-refractivity contribution in [2.75, 3.05) is 9.80 Å². The van der Waals surface area contributed by atoms with Gasteiger partial charge in [0.15, 0.2) is 11.2 Å². The van der Waals surface area contributed by atoms with E-state index < -0.39 is 0 Å². The number of furan rings is 4. The van der Waals surface area contributed by atoms with Crippen LogP contribution in [0.1, 0.15) is 107 Å². The first-order valence-corrected chi connectivity index (χ1v) is 44.1. The molecule has 0 fully saturated rings. The molecule has 608 valence electrons. The summed E-state index contributed by atoms with van der Waals surface area (Å²) < 4.78 is 28.4. The molecule has 24 rings (SSSR count). The zero-order valence-corrected chi connectivity index (χ0v) is 73.3. The Morgan fingerprint density at radius 2 is 0.492 bits per heavy atom. The van der Waals surface area contributed by atoms with Gasteiger partial charge in [0.2, 0.25) is 0 Å². The molecule has 24 aromatic rings. The fourth-order valence-electron chi connectivity index (χ4n) is 21.5. The molecule has 0 bridgehead atoms. The highest BCUT2D eigenvalue weighted by molar-refractivity contribution is 6.41. The van der Waals surface area contributed by atoms with Gasteiger partial charge < -0.3 is 27.5 Å². The standard InChI is InChI=1S/C70H52N2O2.C48H40N2O2/c1-41-31-43(3)65(44(4)32-41)55-39-61-68-58(38-60-54-30-28-52(36-64(54)73-69(60)61)72(49-23-15-9-16-24-49)50-25-17-10-18-26-50)56(66-45(5)33-42(2)34-46(66)6)40-62-67(68)57(55)37-59-53-29-27-51(35-63(53)74-70(59)62)71(47-19-11-7-12-20-47)48-21-13-8-14-22-48;1-23(2)37-15-17-39-45(49-37)35-21-31-29(41-25(5)11-9-12-26(41)6)20-34-44-32(22-36-46-40(52-48(34)36)18-16-38(50-46)24(3)4)30(19-33(43(31)44)47(35)51-39)42-27(7)13-10-14-28(42)8/h7-40H,1-6H3;9-24H,1-8H3. The smallest absolute Gasteiger partial charge is 0.153 e. The first-order valence-electron chi connectivity index (χ1n) is 44.1. The van der Waals surface area contributed by atoms with E-state index in [4.69, 9.17) is 27.6 Å². The zero-order chi connectivity index (χ0) is 85.7. The third kappa shape index (κ3) is 11.8. The largest absolute Gasteiger partial charge is 0.455 e. The van der Waals surface area contributed by atoms with Crippen molar-refractivity contribution >= 4 is 187 Å². The second kappa shape index (κ2) is 28.9. The van der Waals surface area contributed by atoms with Crippen molar-refractivity contribution < 1.29 is 17.7 Å². The number of pyridine rings is 2. The Kier molecular flexibility index (Phi) is 17.4. The van der Waals surface area contributed by atoms with Gasteiger partial charge in [-0.3, -0.25) is 0 Å². The summed E-state index contributed by atoms with van der Waals surface area (Å²) in [5.41, 5.74) is 39.3. The molecule has 0 N–H and O–H groups in total. The molecular weight excluding hydrogens is 1540 g/mol. The van der Waals surface area contributed by atoms with Crippen molar-refractivity contribution in [3.8, 4) is 44.5 Å². The number of aryl methyl sites for hydroxylation is 10. The van der Waals surface area contributed by atoms with Gasteiger partial charge in [0.25, 0.3) is 0 Å². The fourth-order valence-corrected chi connectivity index (χ4v) is 21.5. The van der Waals surface area contributed by atoms with Gasteiger partial charge in [0.1, 0.15) is 44.5 Å². The summed E-state index contributed by atoms with van der Waals surface area (Å²) in [6, 6.07) is 106. The molecule has 0 amide bonds. The van der Waals surface area contributed by atoms with Gasteiger partial charge in [-0.05, 0) is 337 Å². The van der Waals surface area contributed by atoms with Crippen LogP contribution in [0.4, 0.5) is 34.1 Å². The maximum absolute atomic E-state index is 7.34. The van der Waals surface area contributed by atoms with Crippen LogP contribution in [0.25, 0.3) is 197 Å². The molecule has 0 aliphatic carbocycles. The first kappa shape index (κ1) is 76.1. The Labute approximate surface area is 730 Å². The average molecular weight is 1630 g/mol. The molecule has 8 heteroatoms. The molecule has 0 unspecified atom stereocenters. The zero-order valence-electron chi connectivity index (χ0n) is 73.3. The van der Waals surface area contributed by atoms with Crippen molar-refractivity contribution in [3.63, 3.8) is 0 Å². The minimum atomic E-state index is 0.303. The van der Waals surface area contributed by atoms with E-state index >= 15 is 0 Å². The van der Waals surface area contributed by atoms with Gasteiger partial charge in [0.05, 0.1) is 0 Å². The van der Waals surface area contributed by atoms with E-state index in [1.165, 1.54) is 143 Å². The maximum Gasteiger partial charge on any atom is 0.153 e. The van der Waals surface area contributed by atoms with Crippen molar-refractivity contribution in [1.82, 2.24) is 9.97 Å². The lowest BCUT2D eigenvalue weighted by atomic mass is 9.81. The lowest BCUT2D eigenvalue weighted by Gasteiger charge is -2.25. The molecule has 0 spiro atoms. The van der Waals surface area contributed by atoms with Crippen molar-refractivity contribution in [1.29, 1.82) is 0 Å². The van der Waals surface area contributed by atoms with Gasteiger partial charge >= 0.3 is 0 Å². The topological polar surface area (TPSA) is 84.8 Å². The molecule has 0 atom stereocenters. The van der Waals surface area contributed by atoms with Gasteiger partial charge in [-0.25, -0.2) is 9.97 Å². The summed E-state index contributed by atoms with van der Waals surface area (Å²) >= 11 is 0. The second-order valence-corrected chi connectivity index (χ2v) is 35.9. The van der Waals surface area contributed by atoms with Crippen LogP contribution in [0.5, 0.6) is 0 Å². The Balaban J connectivity index is 0.000000154. The van der Waals surface area contributed by atoms with Gasteiger partial charge in [-0.1, -0.05) is 172 Å². The number of hydrogen-bond donors (Lipinski definition) is 0. The monoisotopic (exact) mass is 1630 g/mol. The third-order valence-corrected chi connectivity index (χ3v) is 26.9. The molecule has 126 heavy (non-hydrogen) atoms. The normalized spacial score (nSPS) is 12.2. The molecule has 0 radical (unpaired) electrons. The average Bonchev–Trinajstić information content (AvgIpc) is 1.39. The van der Waals surface area contributed by atoms with E-state index in [1.807, 2.05) is 0 Å². The van der Waals surface area contributed by atoms with Crippen LogP contribution in [0.2, 0.25) is 0 Å². The quantitative estimate of drug-likeness (QED) is 0.112. The molecule has 0 aliphatic heterocycles. The Morgan fingerprint density at radius 3 is 0.794 bits per heavy atom. The van der Waals surface area contributed by atoms with Crippen LogP contribution in [0, 0.1) is 69.2 Å². The number of benzene rings is 18. The minimum Gasteiger partial charge on any atom is -0.455 e. The molecule has 0 saturated carbocycles. The van der Waals surface area contributed by atoms with E-state index in [0.717, 1.165) is 155 Å². The number of para-hydroxylation sites is 4. The van der Waals surface area contributed by atoms with E-state index in [2.05, 4.69) is 398 Å². The summed E-state index contributed by atoms with van der Waals surface area (Å²) in [4.78, 5) is 15.0. The number of hydrogen-bond acceptors (Lipinski definition) is 8.